The number of anilines is 1. The van der Waals surface area contributed by atoms with Gasteiger partial charge in [0.05, 0.1) is 23.9 Å². The number of rotatable bonds is 5. The Morgan fingerprint density at radius 1 is 1.22 bits per heavy atom. The highest BCUT2D eigenvalue weighted by atomic mass is 79.9. The average molecular weight is 452 g/mol. The zero-order valence-electron chi connectivity index (χ0n) is 14.6. The van der Waals surface area contributed by atoms with E-state index in [1.54, 1.807) is 49.6 Å². The summed E-state index contributed by atoms with van der Waals surface area (Å²) in [4.78, 5) is 26.0. The molecule has 1 aliphatic rings. The van der Waals surface area contributed by atoms with Crippen LogP contribution in [0.15, 0.2) is 46.6 Å². The molecule has 0 spiro atoms. The van der Waals surface area contributed by atoms with Gasteiger partial charge in [0.2, 0.25) is 0 Å². The van der Waals surface area contributed by atoms with Crippen molar-refractivity contribution in [3.05, 3.63) is 57.2 Å². The van der Waals surface area contributed by atoms with Crippen LogP contribution < -0.4 is 19.7 Å². The third-order valence-electron chi connectivity index (χ3n) is 3.81. The zero-order valence-corrected chi connectivity index (χ0v) is 16.9. The fraction of sp³-hybridized carbons (Fsp3) is 0.158. The van der Waals surface area contributed by atoms with Crippen molar-refractivity contribution >= 4 is 51.2 Å². The number of ether oxygens (including phenoxy) is 2. The van der Waals surface area contributed by atoms with Crippen molar-refractivity contribution in [2.45, 2.75) is 6.92 Å². The van der Waals surface area contributed by atoms with E-state index in [0.717, 1.165) is 4.90 Å². The highest BCUT2D eigenvalue weighted by Crippen LogP contribution is 2.37. The van der Waals surface area contributed by atoms with Crippen molar-refractivity contribution in [1.82, 2.24) is 5.32 Å². The number of hydrogen-bond acceptors (Lipinski definition) is 4. The van der Waals surface area contributed by atoms with Crippen LogP contribution in [0.2, 0.25) is 5.02 Å². The lowest BCUT2D eigenvalue weighted by Crippen LogP contribution is -2.30. The number of amides is 3. The molecule has 1 fully saturated rings. The number of imide groups is 1. The van der Waals surface area contributed by atoms with Gasteiger partial charge in [0, 0.05) is 5.02 Å². The number of nitrogens with zero attached hydrogens (tertiary/aromatic N) is 1. The summed E-state index contributed by atoms with van der Waals surface area (Å²) in [6.07, 6.45) is 1.59. The predicted molar refractivity (Wildman–Crippen MR) is 107 cm³/mol. The Hall–Kier alpha value is -2.51. The van der Waals surface area contributed by atoms with E-state index in [0.29, 0.717) is 38.9 Å². The van der Waals surface area contributed by atoms with Crippen LogP contribution in [0.4, 0.5) is 10.5 Å². The highest BCUT2D eigenvalue weighted by Gasteiger charge is 2.34. The standard InChI is InChI=1S/C19H16BrClN2O4/c1-3-27-16-10-11(8-14(20)17(16)26-2)9-15-18(24)23(19(25)22-15)13-6-4-12(21)5-7-13/h4-10H,3H2,1-2H3,(H,22,25)/b15-9+. The molecule has 0 aromatic heterocycles. The number of urea groups is 1. The first kappa shape index (κ1) is 19.3. The quantitative estimate of drug-likeness (QED) is 0.532. The van der Waals surface area contributed by atoms with E-state index in [-0.39, 0.29) is 5.70 Å². The summed E-state index contributed by atoms with van der Waals surface area (Å²) in [5, 5.41) is 3.11. The van der Waals surface area contributed by atoms with Gasteiger partial charge in [0.15, 0.2) is 11.5 Å². The molecule has 0 saturated carbocycles. The molecule has 0 bridgehead atoms. The van der Waals surface area contributed by atoms with E-state index < -0.39 is 11.9 Å². The van der Waals surface area contributed by atoms with Crippen LogP contribution in [0.25, 0.3) is 6.08 Å². The van der Waals surface area contributed by atoms with Gasteiger partial charge >= 0.3 is 6.03 Å². The van der Waals surface area contributed by atoms with Gasteiger partial charge in [-0.2, -0.15) is 0 Å². The largest absolute Gasteiger partial charge is 0.492 e. The van der Waals surface area contributed by atoms with E-state index in [1.807, 2.05) is 6.92 Å². The summed E-state index contributed by atoms with van der Waals surface area (Å²) in [6, 6.07) is 9.46. The van der Waals surface area contributed by atoms with Crippen LogP contribution in [0.5, 0.6) is 11.5 Å². The molecule has 0 radical (unpaired) electrons. The second-order valence-corrected chi connectivity index (χ2v) is 6.86. The Balaban J connectivity index is 1.95. The molecule has 140 valence electrons. The van der Waals surface area contributed by atoms with Gasteiger partial charge in [-0.15, -0.1) is 0 Å². The minimum atomic E-state index is -0.522. The SMILES string of the molecule is CCOc1cc(/C=C2/NC(=O)N(c3ccc(Cl)cc3)C2=O)cc(Br)c1OC. The van der Waals surface area contributed by atoms with Gasteiger partial charge in [-0.3, -0.25) is 4.79 Å². The molecule has 27 heavy (non-hydrogen) atoms. The van der Waals surface area contributed by atoms with Crippen molar-refractivity contribution < 1.29 is 19.1 Å². The number of nitrogens with one attached hydrogen (secondary N) is 1. The number of halogens is 2. The van der Waals surface area contributed by atoms with Crippen LogP contribution >= 0.6 is 27.5 Å². The lowest BCUT2D eigenvalue weighted by molar-refractivity contribution is -0.113. The van der Waals surface area contributed by atoms with Gasteiger partial charge in [-0.1, -0.05) is 11.6 Å². The average Bonchev–Trinajstić information content (AvgIpc) is 2.90. The minimum absolute atomic E-state index is 0.162. The van der Waals surface area contributed by atoms with Gasteiger partial charge in [-0.25, -0.2) is 9.69 Å². The Morgan fingerprint density at radius 3 is 2.56 bits per heavy atom. The molecule has 2 aromatic rings. The Bertz CT molecular complexity index is 928. The third kappa shape index (κ3) is 3.94. The van der Waals surface area contributed by atoms with Crippen molar-refractivity contribution in [3.8, 4) is 11.5 Å². The normalized spacial score (nSPS) is 15.3. The molecule has 1 aliphatic heterocycles. The summed E-state index contributed by atoms with van der Waals surface area (Å²) in [7, 11) is 1.55. The van der Waals surface area contributed by atoms with Gasteiger partial charge in [-0.05, 0) is 70.9 Å². The Labute approximate surface area is 169 Å². The Morgan fingerprint density at radius 2 is 1.93 bits per heavy atom. The summed E-state index contributed by atoms with van der Waals surface area (Å²) in [5.74, 6) is 0.642. The van der Waals surface area contributed by atoms with E-state index in [9.17, 15) is 9.59 Å². The van der Waals surface area contributed by atoms with Gasteiger partial charge < -0.3 is 14.8 Å². The maximum Gasteiger partial charge on any atom is 0.333 e. The summed E-state index contributed by atoms with van der Waals surface area (Å²) in [6.45, 7) is 2.33. The van der Waals surface area contributed by atoms with E-state index in [2.05, 4.69) is 21.2 Å². The lowest BCUT2D eigenvalue weighted by atomic mass is 10.1. The fourth-order valence-electron chi connectivity index (χ4n) is 2.66. The predicted octanol–water partition coefficient (Wildman–Crippen LogP) is 4.61. The number of benzene rings is 2. The lowest BCUT2D eigenvalue weighted by Gasteiger charge is -2.12. The smallest absolute Gasteiger partial charge is 0.333 e. The van der Waals surface area contributed by atoms with Crippen molar-refractivity contribution in [1.29, 1.82) is 0 Å². The minimum Gasteiger partial charge on any atom is -0.492 e. The van der Waals surface area contributed by atoms with Gasteiger partial charge in [0.1, 0.15) is 5.70 Å². The van der Waals surface area contributed by atoms with Crippen LogP contribution in [0, 0.1) is 0 Å². The topological polar surface area (TPSA) is 67.9 Å². The molecular weight excluding hydrogens is 436 g/mol. The third-order valence-corrected chi connectivity index (χ3v) is 4.65. The molecule has 8 heteroatoms. The van der Waals surface area contributed by atoms with E-state index in [4.69, 9.17) is 21.1 Å². The number of methoxy groups -OCH3 is 1. The molecule has 0 unspecified atom stereocenters. The first-order chi connectivity index (χ1) is 12.9. The first-order valence-corrected chi connectivity index (χ1v) is 9.24. The number of hydrogen-bond donors (Lipinski definition) is 1. The molecule has 3 amide bonds. The first-order valence-electron chi connectivity index (χ1n) is 8.07. The second-order valence-electron chi connectivity index (χ2n) is 5.57. The van der Waals surface area contributed by atoms with E-state index in [1.165, 1.54) is 0 Å². The molecule has 1 N–H and O–H groups in total. The molecule has 1 heterocycles. The molecule has 1 saturated heterocycles. The maximum atomic E-state index is 12.7. The number of carbonyl (C=O) groups is 2. The summed E-state index contributed by atoms with van der Waals surface area (Å²) < 4.78 is 11.6. The van der Waals surface area contributed by atoms with Crippen LogP contribution in [-0.4, -0.2) is 25.7 Å². The fourth-order valence-corrected chi connectivity index (χ4v) is 3.41. The Kier molecular flexibility index (Phi) is 5.72. The monoisotopic (exact) mass is 450 g/mol. The second kappa shape index (κ2) is 8.02. The molecule has 0 atom stereocenters. The summed E-state index contributed by atoms with van der Waals surface area (Å²) in [5.41, 5.74) is 1.28. The zero-order chi connectivity index (χ0) is 19.6. The van der Waals surface area contributed by atoms with Crippen molar-refractivity contribution in [3.63, 3.8) is 0 Å². The van der Waals surface area contributed by atoms with Crippen LogP contribution in [0.3, 0.4) is 0 Å². The highest BCUT2D eigenvalue weighted by molar-refractivity contribution is 9.10. The van der Waals surface area contributed by atoms with Crippen LogP contribution in [0.1, 0.15) is 12.5 Å². The summed E-state index contributed by atoms with van der Waals surface area (Å²) >= 11 is 9.30. The van der Waals surface area contributed by atoms with Crippen molar-refractivity contribution in [2.75, 3.05) is 18.6 Å². The number of carbonyl (C=O) groups excluding carboxylic acids is 2. The molecule has 2 aromatic carbocycles. The molecular formula is C19H16BrClN2O4. The maximum absolute atomic E-state index is 12.7. The van der Waals surface area contributed by atoms with Crippen LogP contribution in [-0.2, 0) is 4.79 Å². The molecule has 0 aliphatic carbocycles. The van der Waals surface area contributed by atoms with Crippen molar-refractivity contribution in [2.24, 2.45) is 0 Å². The van der Waals surface area contributed by atoms with Gasteiger partial charge in [0.25, 0.3) is 5.91 Å². The molecule has 3 rings (SSSR count). The van der Waals surface area contributed by atoms with E-state index >= 15 is 0 Å². The molecule has 6 nitrogen and oxygen atoms in total.